The van der Waals surface area contributed by atoms with E-state index in [1.807, 2.05) is 0 Å². The van der Waals surface area contributed by atoms with Crippen LogP contribution < -0.4 is 0 Å². The van der Waals surface area contributed by atoms with Crippen LogP contribution in [0.1, 0.15) is 125 Å². The molecule has 9 atom stereocenters. The molecule has 0 aromatic heterocycles. The average Bonchev–Trinajstić information content (AvgIpc) is 3.21. The van der Waals surface area contributed by atoms with Crippen LogP contribution in [0.25, 0.3) is 0 Å². The number of allylic oxidation sites excluding steroid dienone is 1. The number of rotatable bonds is 11. The zero-order valence-electron chi connectivity index (χ0n) is 27.4. The molecule has 0 unspecified atom stereocenters. The molecular weight excluding hydrogens is 478 g/mol. The highest BCUT2D eigenvalue weighted by Gasteiger charge is 2.59. The SMILES string of the molecule is CC[C@H](CC[C@@H](C)[C@H]1CC[C@H]2[C@@H]3CC=C4C[C@@H](OC(=O)CCC[N+](C)(C)C)CC[C@]4(C)[C@H]3CC[C@]12C)C(C)C. The molecule has 0 aliphatic heterocycles. The van der Waals surface area contributed by atoms with Crippen LogP contribution in [0.2, 0.25) is 0 Å². The van der Waals surface area contributed by atoms with Crippen molar-refractivity contribution in [3.63, 3.8) is 0 Å². The van der Waals surface area contributed by atoms with E-state index in [9.17, 15) is 4.79 Å². The van der Waals surface area contributed by atoms with E-state index in [4.69, 9.17) is 4.74 Å². The van der Waals surface area contributed by atoms with E-state index >= 15 is 0 Å². The normalized spacial score (nSPS) is 37.9. The second kappa shape index (κ2) is 12.2. The molecule has 4 aliphatic rings. The lowest BCUT2D eigenvalue weighted by molar-refractivity contribution is -0.870. The molecule has 4 aliphatic carbocycles. The maximum absolute atomic E-state index is 12.6. The molecule has 39 heavy (non-hydrogen) atoms. The van der Waals surface area contributed by atoms with Crippen LogP contribution in [0.4, 0.5) is 0 Å². The van der Waals surface area contributed by atoms with Gasteiger partial charge in [0, 0.05) is 12.8 Å². The van der Waals surface area contributed by atoms with E-state index in [1.165, 1.54) is 57.8 Å². The first-order valence-electron chi connectivity index (χ1n) is 17.0. The molecule has 0 aromatic carbocycles. The van der Waals surface area contributed by atoms with Crippen molar-refractivity contribution in [2.24, 2.45) is 52.3 Å². The van der Waals surface area contributed by atoms with E-state index < -0.39 is 0 Å². The maximum Gasteiger partial charge on any atom is 0.306 e. The average molecular weight is 543 g/mol. The highest BCUT2D eigenvalue weighted by atomic mass is 16.5. The summed E-state index contributed by atoms with van der Waals surface area (Å²) in [5, 5.41) is 0. The number of ether oxygens (including phenoxy) is 1. The van der Waals surface area contributed by atoms with Crippen molar-refractivity contribution in [1.29, 1.82) is 0 Å². The van der Waals surface area contributed by atoms with Gasteiger partial charge in [-0.1, -0.05) is 66.0 Å². The zero-order chi connectivity index (χ0) is 28.6. The third kappa shape index (κ3) is 6.65. The second-order valence-corrected chi connectivity index (χ2v) is 16.4. The van der Waals surface area contributed by atoms with Gasteiger partial charge in [0.05, 0.1) is 34.1 Å². The Hall–Kier alpha value is -0.830. The third-order valence-corrected chi connectivity index (χ3v) is 12.8. The van der Waals surface area contributed by atoms with E-state index in [0.717, 1.165) is 71.7 Å². The summed E-state index contributed by atoms with van der Waals surface area (Å²) in [7, 11) is 6.56. The lowest BCUT2D eigenvalue weighted by Gasteiger charge is -2.58. The number of carbonyl (C=O) groups excluding carboxylic acids is 1. The monoisotopic (exact) mass is 542 g/mol. The first kappa shape index (κ1) is 31.1. The lowest BCUT2D eigenvalue weighted by atomic mass is 9.47. The Morgan fingerprint density at radius 3 is 2.44 bits per heavy atom. The summed E-state index contributed by atoms with van der Waals surface area (Å²) >= 11 is 0. The lowest BCUT2D eigenvalue weighted by Crippen LogP contribution is -2.51. The van der Waals surface area contributed by atoms with Crippen LogP contribution >= 0.6 is 0 Å². The molecule has 0 N–H and O–H groups in total. The molecule has 0 aromatic rings. The van der Waals surface area contributed by atoms with Crippen molar-refractivity contribution in [2.45, 2.75) is 131 Å². The predicted molar refractivity (Wildman–Crippen MR) is 164 cm³/mol. The highest BCUT2D eigenvalue weighted by Crippen LogP contribution is 2.67. The van der Waals surface area contributed by atoms with Gasteiger partial charge in [0.2, 0.25) is 0 Å². The standard InChI is InChI=1S/C36H64NO2/c1-10-27(25(2)3)14-13-26(4)31-17-18-32-30-16-15-28-24-29(39-34(38)12-11-23-37(7,8)9)19-21-35(28,5)33(30)20-22-36(31,32)6/h15,25-27,29-33H,10-14,16-24H2,1-9H3/q+1/t26-,27-,29+,30+,31-,32+,33+,35+,36-/m1/s1. The minimum atomic E-state index is 0.0181. The van der Waals surface area contributed by atoms with Gasteiger partial charge in [-0.25, -0.2) is 0 Å². The first-order chi connectivity index (χ1) is 18.3. The quantitative estimate of drug-likeness (QED) is 0.148. The molecule has 3 nitrogen and oxygen atoms in total. The molecule has 0 spiro atoms. The number of esters is 1. The van der Waals surface area contributed by atoms with Crippen LogP contribution in [-0.4, -0.2) is 44.2 Å². The Kier molecular flexibility index (Phi) is 9.72. The summed E-state index contributed by atoms with van der Waals surface area (Å²) in [6.45, 7) is 16.1. The van der Waals surface area contributed by atoms with Gasteiger partial charge in [-0.05, 0) is 104 Å². The molecule has 0 bridgehead atoms. The molecule has 3 fully saturated rings. The Morgan fingerprint density at radius 2 is 1.77 bits per heavy atom. The van der Waals surface area contributed by atoms with E-state index in [2.05, 4.69) is 68.8 Å². The number of hydrogen-bond donors (Lipinski definition) is 0. The van der Waals surface area contributed by atoms with E-state index in [0.29, 0.717) is 17.3 Å². The smallest absolute Gasteiger partial charge is 0.306 e. The van der Waals surface area contributed by atoms with Crippen LogP contribution in [-0.2, 0) is 9.53 Å². The van der Waals surface area contributed by atoms with Crippen molar-refractivity contribution >= 4 is 5.97 Å². The van der Waals surface area contributed by atoms with Crippen molar-refractivity contribution < 1.29 is 14.0 Å². The number of carbonyl (C=O) groups is 1. The summed E-state index contributed by atoms with van der Waals surface area (Å²) in [5.74, 6) is 6.11. The molecule has 3 heteroatoms. The van der Waals surface area contributed by atoms with E-state index in [-0.39, 0.29) is 12.1 Å². The van der Waals surface area contributed by atoms with Gasteiger partial charge < -0.3 is 9.22 Å². The minimum Gasteiger partial charge on any atom is -0.462 e. The fraction of sp³-hybridized carbons (Fsp3) is 0.917. The van der Waals surface area contributed by atoms with Gasteiger partial charge >= 0.3 is 5.97 Å². The van der Waals surface area contributed by atoms with Gasteiger partial charge in [0.25, 0.3) is 0 Å². The summed E-state index contributed by atoms with van der Waals surface area (Å²) < 4.78 is 6.94. The van der Waals surface area contributed by atoms with E-state index in [1.54, 1.807) is 5.57 Å². The Morgan fingerprint density at radius 1 is 1.03 bits per heavy atom. The summed E-state index contributed by atoms with van der Waals surface area (Å²) in [4.78, 5) is 12.6. The predicted octanol–water partition coefficient (Wildman–Crippen LogP) is 9.06. The van der Waals surface area contributed by atoms with Crippen molar-refractivity contribution in [2.75, 3.05) is 27.7 Å². The topological polar surface area (TPSA) is 26.3 Å². The fourth-order valence-electron chi connectivity index (χ4n) is 10.3. The highest BCUT2D eigenvalue weighted by molar-refractivity contribution is 5.69. The maximum atomic E-state index is 12.6. The summed E-state index contributed by atoms with van der Waals surface area (Å²) in [5.41, 5.74) is 2.50. The third-order valence-electron chi connectivity index (χ3n) is 12.8. The van der Waals surface area contributed by atoms with Crippen LogP contribution in [0.3, 0.4) is 0 Å². The molecule has 0 radical (unpaired) electrons. The van der Waals surface area contributed by atoms with Gasteiger partial charge in [-0.15, -0.1) is 0 Å². The molecule has 0 amide bonds. The number of nitrogens with zero attached hydrogens (tertiary/aromatic N) is 1. The van der Waals surface area contributed by atoms with Gasteiger partial charge in [0.1, 0.15) is 6.10 Å². The number of hydrogen-bond acceptors (Lipinski definition) is 2. The van der Waals surface area contributed by atoms with Crippen LogP contribution in [0.5, 0.6) is 0 Å². The van der Waals surface area contributed by atoms with Crippen LogP contribution in [0, 0.1) is 52.3 Å². The van der Waals surface area contributed by atoms with Gasteiger partial charge in [-0.3, -0.25) is 4.79 Å². The summed E-state index contributed by atoms with van der Waals surface area (Å²) in [6, 6.07) is 0. The zero-order valence-corrected chi connectivity index (χ0v) is 27.4. The van der Waals surface area contributed by atoms with Crippen LogP contribution in [0.15, 0.2) is 11.6 Å². The molecular formula is C36H64NO2+. The number of quaternary nitrogens is 1. The second-order valence-electron chi connectivity index (χ2n) is 16.4. The van der Waals surface area contributed by atoms with Crippen molar-refractivity contribution in [3.05, 3.63) is 11.6 Å². The minimum absolute atomic E-state index is 0.0181. The fourth-order valence-corrected chi connectivity index (χ4v) is 10.3. The molecule has 0 saturated heterocycles. The molecule has 224 valence electrons. The van der Waals surface area contributed by atoms with Gasteiger partial charge in [-0.2, -0.15) is 0 Å². The first-order valence-corrected chi connectivity index (χ1v) is 17.0. The van der Waals surface area contributed by atoms with Crippen molar-refractivity contribution in [3.8, 4) is 0 Å². The largest absolute Gasteiger partial charge is 0.462 e. The van der Waals surface area contributed by atoms with Crippen molar-refractivity contribution in [1.82, 2.24) is 0 Å². The number of fused-ring (bicyclic) bond motifs is 5. The summed E-state index contributed by atoms with van der Waals surface area (Å²) in [6.07, 6.45) is 18.7. The van der Waals surface area contributed by atoms with Gasteiger partial charge in [0.15, 0.2) is 0 Å². The Balaban J connectivity index is 1.36. The molecule has 4 rings (SSSR count). The Bertz CT molecular complexity index is 870. The molecule has 0 heterocycles. The Labute approximate surface area is 242 Å². The molecule has 3 saturated carbocycles.